The van der Waals surface area contributed by atoms with E-state index >= 15 is 0 Å². The number of carbonyl (C=O) groups is 2. The zero-order valence-corrected chi connectivity index (χ0v) is 20.0. The first-order chi connectivity index (χ1) is 16.2. The second kappa shape index (κ2) is 9.09. The first kappa shape index (κ1) is 23.2. The van der Waals surface area contributed by atoms with Gasteiger partial charge in [-0.25, -0.2) is 9.78 Å². The van der Waals surface area contributed by atoms with Crippen molar-refractivity contribution in [3.63, 3.8) is 0 Å². The highest BCUT2D eigenvalue weighted by Crippen LogP contribution is 2.22. The van der Waals surface area contributed by atoms with Gasteiger partial charge >= 0.3 is 5.97 Å². The molecule has 4 aromatic rings. The lowest BCUT2D eigenvalue weighted by molar-refractivity contribution is 0.0472. The molecule has 1 aromatic carbocycles. The topological polar surface area (TPSA) is 83.2 Å². The van der Waals surface area contributed by atoms with Gasteiger partial charge < -0.3 is 13.9 Å². The number of carbonyl (C=O) groups excluding carboxylic acids is 2. The molecule has 3 aromatic heterocycles. The van der Waals surface area contributed by atoms with Gasteiger partial charge in [0.05, 0.1) is 5.39 Å². The Labute approximate surface area is 197 Å². The molecule has 0 fully saturated rings. The quantitative estimate of drug-likeness (QED) is 0.315. The summed E-state index contributed by atoms with van der Waals surface area (Å²) in [6.45, 7) is 9.62. The number of fused-ring (bicyclic) bond motifs is 1. The summed E-state index contributed by atoms with van der Waals surface area (Å²) >= 11 is 0. The molecule has 0 N–H and O–H groups in total. The molecule has 7 heteroatoms. The molecule has 0 amide bonds. The summed E-state index contributed by atoms with van der Waals surface area (Å²) in [7, 11) is 0. The van der Waals surface area contributed by atoms with Gasteiger partial charge in [-0.2, -0.15) is 0 Å². The molecule has 0 spiro atoms. The number of esters is 1. The van der Waals surface area contributed by atoms with E-state index in [4.69, 9.17) is 4.74 Å². The van der Waals surface area contributed by atoms with E-state index in [2.05, 4.69) is 4.98 Å². The van der Waals surface area contributed by atoms with E-state index < -0.39 is 18.0 Å². The molecular formula is C27H27N3O4. The third-order valence-corrected chi connectivity index (χ3v) is 5.98. The maximum absolute atomic E-state index is 12.9. The number of ketones is 1. The van der Waals surface area contributed by atoms with Gasteiger partial charge in [0, 0.05) is 41.1 Å². The van der Waals surface area contributed by atoms with Crippen molar-refractivity contribution in [3.05, 3.63) is 92.7 Å². The normalized spacial score (nSPS) is 11.1. The highest BCUT2D eigenvalue weighted by atomic mass is 16.5. The summed E-state index contributed by atoms with van der Waals surface area (Å²) in [5, 5.41) is 0.342. The summed E-state index contributed by atoms with van der Waals surface area (Å²) in [5.74, 6) is -1.15. The van der Waals surface area contributed by atoms with Crippen LogP contribution in [0.15, 0.2) is 53.5 Å². The number of hydrogen-bond donors (Lipinski definition) is 0. The van der Waals surface area contributed by atoms with Crippen molar-refractivity contribution in [2.45, 2.75) is 41.2 Å². The van der Waals surface area contributed by atoms with Crippen LogP contribution in [-0.4, -0.2) is 32.5 Å². The summed E-state index contributed by atoms with van der Waals surface area (Å²) in [5.41, 5.74) is 4.98. The van der Waals surface area contributed by atoms with E-state index in [0.717, 1.165) is 28.3 Å². The minimum absolute atomic E-state index is 0.113. The van der Waals surface area contributed by atoms with E-state index in [-0.39, 0.29) is 11.3 Å². The summed E-state index contributed by atoms with van der Waals surface area (Å²) < 4.78 is 9.02. The number of aryl methyl sites for hydroxylation is 4. The Hall–Kier alpha value is -4.00. The summed E-state index contributed by atoms with van der Waals surface area (Å²) in [6, 6.07) is 13.2. The molecule has 34 heavy (non-hydrogen) atoms. The molecule has 0 aliphatic rings. The number of nitrogens with zero attached hydrogens (tertiary/aromatic N) is 3. The first-order valence-corrected chi connectivity index (χ1v) is 11.2. The van der Waals surface area contributed by atoms with Crippen molar-refractivity contribution >= 4 is 22.8 Å². The second-order valence-electron chi connectivity index (χ2n) is 8.44. The van der Waals surface area contributed by atoms with Crippen LogP contribution in [0, 0.1) is 27.7 Å². The Morgan fingerprint density at radius 2 is 1.68 bits per heavy atom. The van der Waals surface area contributed by atoms with Gasteiger partial charge in [-0.05, 0) is 65.0 Å². The number of rotatable bonds is 6. The van der Waals surface area contributed by atoms with Crippen LogP contribution >= 0.6 is 0 Å². The summed E-state index contributed by atoms with van der Waals surface area (Å²) in [4.78, 5) is 43.0. The molecule has 0 aliphatic heterocycles. The molecule has 0 bridgehead atoms. The third kappa shape index (κ3) is 4.17. The number of aromatic nitrogens is 3. The van der Waals surface area contributed by atoms with Crippen LogP contribution in [-0.2, 0) is 11.3 Å². The monoisotopic (exact) mass is 457 g/mol. The Morgan fingerprint density at radius 3 is 2.35 bits per heavy atom. The molecule has 174 valence electrons. The standard InChI is InChI=1S/C27H27N3O4/c1-6-29-14-23(25(32)21-12-9-17(3)28-26(21)29)27(33)34-15-24(31)22-13-18(4)30(19(22)5)20-10-7-16(2)8-11-20/h7-14H,6,15H2,1-5H3. The van der Waals surface area contributed by atoms with Gasteiger partial charge in [0.15, 0.2) is 6.61 Å². The van der Waals surface area contributed by atoms with Crippen LogP contribution in [0.4, 0.5) is 0 Å². The smallest absolute Gasteiger partial charge is 0.344 e. The molecular weight excluding hydrogens is 430 g/mol. The van der Waals surface area contributed by atoms with Crippen LogP contribution in [0.25, 0.3) is 16.7 Å². The van der Waals surface area contributed by atoms with Crippen LogP contribution in [0.3, 0.4) is 0 Å². The second-order valence-corrected chi connectivity index (χ2v) is 8.44. The van der Waals surface area contributed by atoms with Crippen LogP contribution in [0.1, 0.15) is 50.3 Å². The molecule has 3 heterocycles. The molecule has 0 atom stereocenters. The van der Waals surface area contributed by atoms with Crippen molar-refractivity contribution in [1.29, 1.82) is 0 Å². The van der Waals surface area contributed by atoms with Gasteiger partial charge in [-0.15, -0.1) is 0 Å². The molecule has 0 aliphatic carbocycles. The molecule has 0 saturated heterocycles. The lowest BCUT2D eigenvalue weighted by Gasteiger charge is -2.11. The lowest BCUT2D eigenvalue weighted by atomic mass is 10.1. The highest BCUT2D eigenvalue weighted by Gasteiger charge is 2.21. The molecule has 0 radical (unpaired) electrons. The SMILES string of the molecule is CCn1cc(C(=O)OCC(=O)c2cc(C)n(-c3ccc(C)cc3)c2C)c(=O)c2ccc(C)nc21. The van der Waals surface area contributed by atoms with Gasteiger partial charge in [0.25, 0.3) is 0 Å². The minimum Gasteiger partial charge on any atom is -0.454 e. The Kier molecular flexibility index (Phi) is 6.20. The largest absolute Gasteiger partial charge is 0.454 e. The molecule has 0 saturated carbocycles. The van der Waals surface area contributed by atoms with E-state index in [9.17, 15) is 14.4 Å². The predicted molar refractivity (Wildman–Crippen MR) is 131 cm³/mol. The van der Waals surface area contributed by atoms with Gasteiger partial charge in [-0.3, -0.25) is 9.59 Å². The lowest BCUT2D eigenvalue weighted by Crippen LogP contribution is -2.23. The maximum atomic E-state index is 12.9. The van der Waals surface area contributed by atoms with Crippen LogP contribution < -0.4 is 5.43 Å². The molecule has 4 rings (SSSR count). The summed E-state index contributed by atoms with van der Waals surface area (Å²) in [6.07, 6.45) is 1.45. The Morgan fingerprint density at radius 1 is 0.971 bits per heavy atom. The van der Waals surface area contributed by atoms with Gasteiger partial charge in [-0.1, -0.05) is 17.7 Å². The van der Waals surface area contributed by atoms with Crippen molar-refractivity contribution in [2.75, 3.05) is 6.61 Å². The van der Waals surface area contributed by atoms with Crippen LogP contribution in [0.5, 0.6) is 0 Å². The van der Waals surface area contributed by atoms with Crippen molar-refractivity contribution in [2.24, 2.45) is 0 Å². The van der Waals surface area contributed by atoms with E-state index in [1.54, 1.807) is 22.8 Å². The number of benzene rings is 1. The fourth-order valence-electron chi connectivity index (χ4n) is 4.17. The average molecular weight is 458 g/mol. The van der Waals surface area contributed by atoms with Crippen molar-refractivity contribution < 1.29 is 14.3 Å². The van der Waals surface area contributed by atoms with E-state index in [0.29, 0.717) is 23.1 Å². The highest BCUT2D eigenvalue weighted by molar-refractivity contribution is 6.01. The zero-order chi connectivity index (χ0) is 24.6. The fourth-order valence-corrected chi connectivity index (χ4v) is 4.17. The van der Waals surface area contributed by atoms with Gasteiger partial charge in [0.2, 0.25) is 11.2 Å². The third-order valence-electron chi connectivity index (χ3n) is 5.98. The van der Waals surface area contributed by atoms with E-state index in [1.165, 1.54) is 6.20 Å². The number of hydrogen-bond acceptors (Lipinski definition) is 5. The van der Waals surface area contributed by atoms with Gasteiger partial charge in [0.1, 0.15) is 11.2 Å². The average Bonchev–Trinajstić information content (AvgIpc) is 3.12. The molecule has 0 unspecified atom stereocenters. The first-order valence-electron chi connectivity index (χ1n) is 11.2. The number of ether oxygens (including phenoxy) is 1. The fraction of sp³-hybridized carbons (Fsp3) is 0.259. The number of pyridine rings is 2. The minimum atomic E-state index is -0.824. The van der Waals surface area contributed by atoms with E-state index in [1.807, 2.05) is 63.5 Å². The predicted octanol–water partition coefficient (Wildman–Crippen LogP) is 4.48. The Balaban J connectivity index is 1.58. The molecule has 7 nitrogen and oxygen atoms in total. The number of Topliss-reactive ketones (excluding diaryl/α,β-unsaturated/α-hetero) is 1. The Bertz CT molecular complexity index is 1480. The maximum Gasteiger partial charge on any atom is 0.344 e. The van der Waals surface area contributed by atoms with Crippen molar-refractivity contribution in [3.8, 4) is 5.69 Å². The zero-order valence-electron chi connectivity index (χ0n) is 20.0. The van der Waals surface area contributed by atoms with Crippen molar-refractivity contribution in [1.82, 2.24) is 14.1 Å². The van der Waals surface area contributed by atoms with Crippen LogP contribution in [0.2, 0.25) is 0 Å².